The number of ether oxygens (including phenoxy) is 3. The van der Waals surface area contributed by atoms with Crippen molar-refractivity contribution < 1.29 is 19.0 Å². The molecule has 2 aliphatic rings. The van der Waals surface area contributed by atoms with E-state index in [1.807, 2.05) is 18.2 Å². The number of hydrogen-bond acceptors (Lipinski definition) is 4. The van der Waals surface area contributed by atoms with Crippen LogP contribution in [0.25, 0.3) is 0 Å². The second-order valence-corrected chi connectivity index (χ2v) is 5.74. The van der Waals surface area contributed by atoms with Crippen molar-refractivity contribution in [2.24, 2.45) is 5.92 Å². The third kappa shape index (κ3) is 3.44. The summed E-state index contributed by atoms with van der Waals surface area (Å²) >= 11 is 0. The Balaban J connectivity index is 1.50. The van der Waals surface area contributed by atoms with Crippen LogP contribution in [0.3, 0.4) is 0 Å². The Morgan fingerprint density at radius 1 is 1.41 bits per heavy atom. The molecule has 0 unspecified atom stereocenters. The van der Waals surface area contributed by atoms with Crippen LogP contribution >= 0.6 is 0 Å². The van der Waals surface area contributed by atoms with Gasteiger partial charge >= 0.3 is 6.03 Å². The maximum absolute atomic E-state index is 12.0. The van der Waals surface area contributed by atoms with Gasteiger partial charge in [0.2, 0.25) is 0 Å². The molecule has 1 aromatic rings. The number of rotatable bonds is 4. The largest absolute Gasteiger partial charge is 0.493 e. The third-order valence-corrected chi connectivity index (χ3v) is 4.09. The minimum absolute atomic E-state index is 0.0283. The molecule has 6 heteroatoms. The lowest BCUT2D eigenvalue weighted by molar-refractivity contribution is 0.184. The molecular weight excluding hydrogens is 284 g/mol. The Morgan fingerprint density at radius 2 is 2.32 bits per heavy atom. The molecule has 0 aromatic heterocycles. The summed E-state index contributed by atoms with van der Waals surface area (Å²) in [5.41, 5.74) is 1.06. The van der Waals surface area contributed by atoms with E-state index in [4.69, 9.17) is 14.2 Å². The number of methoxy groups -OCH3 is 1. The number of nitrogens with one attached hydrogen (secondary N) is 2. The van der Waals surface area contributed by atoms with E-state index in [1.165, 1.54) is 0 Å². The molecule has 3 rings (SSSR count). The predicted octanol–water partition coefficient (Wildman–Crippen LogP) is 1.33. The molecule has 120 valence electrons. The number of urea groups is 1. The van der Waals surface area contributed by atoms with Gasteiger partial charge in [-0.2, -0.15) is 0 Å². The average Bonchev–Trinajstić information content (AvgIpc) is 3.05. The summed E-state index contributed by atoms with van der Waals surface area (Å²) in [4.78, 5) is 12.0. The number of carbonyl (C=O) groups excluding carboxylic acids is 1. The topological polar surface area (TPSA) is 68.8 Å². The van der Waals surface area contributed by atoms with Crippen LogP contribution < -0.4 is 20.1 Å². The van der Waals surface area contributed by atoms with Gasteiger partial charge in [0.05, 0.1) is 19.8 Å². The lowest BCUT2D eigenvalue weighted by Gasteiger charge is -2.27. The lowest BCUT2D eigenvalue weighted by atomic mass is 10.0. The Labute approximate surface area is 130 Å². The van der Waals surface area contributed by atoms with Gasteiger partial charge in [0.25, 0.3) is 0 Å². The first-order valence-corrected chi connectivity index (χ1v) is 7.67. The molecule has 0 aliphatic carbocycles. The molecule has 2 amide bonds. The third-order valence-electron chi connectivity index (χ3n) is 4.09. The molecule has 0 bridgehead atoms. The van der Waals surface area contributed by atoms with Crippen LogP contribution in [0.2, 0.25) is 0 Å². The second kappa shape index (κ2) is 6.87. The van der Waals surface area contributed by atoms with Crippen LogP contribution in [0, 0.1) is 5.92 Å². The van der Waals surface area contributed by atoms with Crippen LogP contribution in [-0.2, 0) is 11.2 Å². The van der Waals surface area contributed by atoms with Crippen LogP contribution in [0.15, 0.2) is 18.2 Å². The normalized spacial score (nSPS) is 23.3. The van der Waals surface area contributed by atoms with Crippen molar-refractivity contribution in [2.75, 3.05) is 33.5 Å². The highest BCUT2D eigenvalue weighted by Gasteiger charge is 2.24. The number of fused-ring (bicyclic) bond motifs is 1. The van der Waals surface area contributed by atoms with Crippen molar-refractivity contribution in [3.63, 3.8) is 0 Å². The van der Waals surface area contributed by atoms with E-state index in [2.05, 4.69) is 10.6 Å². The van der Waals surface area contributed by atoms with Gasteiger partial charge in [-0.15, -0.1) is 0 Å². The van der Waals surface area contributed by atoms with Gasteiger partial charge in [-0.25, -0.2) is 4.79 Å². The first kappa shape index (κ1) is 15.0. The van der Waals surface area contributed by atoms with E-state index < -0.39 is 0 Å². The maximum Gasteiger partial charge on any atom is 0.315 e. The number of hydrogen-bond donors (Lipinski definition) is 2. The second-order valence-electron chi connectivity index (χ2n) is 5.74. The van der Waals surface area contributed by atoms with E-state index in [0.29, 0.717) is 19.1 Å². The summed E-state index contributed by atoms with van der Waals surface area (Å²) in [7, 11) is 1.63. The van der Waals surface area contributed by atoms with Gasteiger partial charge in [0.1, 0.15) is 6.61 Å². The molecule has 2 aliphatic heterocycles. The van der Waals surface area contributed by atoms with Crippen molar-refractivity contribution in [3.05, 3.63) is 23.8 Å². The molecule has 0 saturated carbocycles. The molecule has 1 saturated heterocycles. The van der Waals surface area contributed by atoms with E-state index in [9.17, 15) is 4.79 Å². The van der Waals surface area contributed by atoms with E-state index >= 15 is 0 Å². The summed E-state index contributed by atoms with van der Waals surface area (Å²) in [6, 6.07) is 5.64. The van der Waals surface area contributed by atoms with Crippen molar-refractivity contribution in [2.45, 2.75) is 18.9 Å². The van der Waals surface area contributed by atoms with Crippen LogP contribution in [0.4, 0.5) is 4.79 Å². The Bertz CT molecular complexity index is 529. The summed E-state index contributed by atoms with van der Waals surface area (Å²) in [6.07, 6.45) is 1.76. The Kier molecular flexibility index (Phi) is 4.68. The molecule has 22 heavy (non-hydrogen) atoms. The highest BCUT2D eigenvalue weighted by atomic mass is 16.5. The van der Waals surface area contributed by atoms with Crippen molar-refractivity contribution >= 4 is 6.03 Å². The zero-order chi connectivity index (χ0) is 15.4. The van der Waals surface area contributed by atoms with Gasteiger partial charge in [-0.3, -0.25) is 0 Å². The number of amides is 2. The number of carbonyl (C=O) groups is 1. The molecule has 2 atom stereocenters. The highest BCUT2D eigenvalue weighted by Crippen LogP contribution is 2.34. The molecule has 0 spiro atoms. The number of benzene rings is 1. The zero-order valence-corrected chi connectivity index (χ0v) is 12.8. The SMILES string of the molecule is COc1cccc2c1OC[C@H](NC(=O)NC[C@H]1CCOC1)C2. The molecular formula is C16H22N2O4. The monoisotopic (exact) mass is 306 g/mol. The van der Waals surface area contributed by atoms with Gasteiger partial charge < -0.3 is 24.8 Å². The van der Waals surface area contributed by atoms with Gasteiger partial charge in [0.15, 0.2) is 11.5 Å². The molecule has 2 heterocycles. The summed E-state index contributed by atoms with van der Waals surface area (Å²) in [5, 5.41) is 5.87. The summed E-state index contributed by atoms with van der Waals surface area (Å²) < 4.78 is 16.3. The molecule has 1 aromatic carbocycles. The Morgan fingerprint density at radius 3 is 3.09 bits per heavy atom. The fourth-order valence-electron chi connectivity index (χ4n) is 2.87. The van der Waals surface area contributed by atoms with E-state index in [-0.39, 0.29) is 12.1 Å². The number of para-hydroxylation sites is 1. The zero-order valence-electron chi connectivity index (χ0n) is 12.8. The van der Waals surface area contributed by atoms with E-state index in [1.54, 1.807) is 7.11 Å². The Hall–Kier alpha value is -1.95. The van der Waals surface area contributed by atoms with E-state index in [0.717, 1.165) is 43.1 Å². The van der Waals surface area contributed by atoms with Crippen molar-refractivity contribution in [3.8, 4) is 11.5 Å². The molecule has 1 fully saturated rings. The fraction of sp³-hybridized carbons (Fsp3) is 0.562. The quantitative estimate of drug-likeness (QED) is 0.881. The molecule has 6 nitrogen and oxygen atoms in total. The van der Waals surface area contributed by atoms with Crippen LogP contribution in [-0.4, -0.2) is 45.5 Å². The minimum Gasteiger partial charge on any atom is -0.493 e. The molecule has 0 radical (unpaired) electrons. The first-order valence-electron chi connectivity index (χ1n) is 7.67. The van der Waals surface area contributed by atoms with Crippen LogP contribution in [0.1, 0.15) is 12.0 Å². The smallest absolute Gasteiger partial charge is 0.315 e. The van der Waals surface area contributed by atoms with Crippen molar-refractivity contribution in [1.29, 1.82) is 0 Å². The predicted molar refractivity (Wildman–Crippen MR) is 81.4 cm³/mol. The van der Waals surface area contributed by atoms with Gasteiger partial charge in [-0.05, 0) is 18.9 Å². The minimum atomic E-state index is -0.146. The van der Waals surface area contributed by atoms with Crippen LogP contribution in [0.5, 0.6) is 11.5 Å². The van der Waals surface area contributed by atoms with Gasteiger partial charge in [-0.1, -0.05) is 12.1 Å². The summed E-state index contributed by atoms with van der Waals surface area (Å²) in [6.45, 7) is 2.64. The van der Waals surface area contributed by atoms with Gasteiger partial charge in [0, 0.05) is 24.6 Å². The fourth-order valence-corrected chi connectivity index (χ4v) is 2.87. The highest BCUT2D eigenvalue weighted by molar-refractivity contribution is 5.74. The standard InChI is InChI=1S/C16H22N2O4/c1-20-14-4-2-3-12-7-13(10-22-15(12)14)18-16(19)17-8-11-5-6-21-9-11/h2-4,11,13H,5-10H2,1H3,(H2,17,18,19)/t11-,13-/m1/s1. The summed E-state index contributed by atoms with van der Waals surface area (Å²) in [5.74, 6) is 1.95. The lowest BCUT2D eigenvalue weighted by Crippen LogP contribution is -2.48. The first-order chi connectivity index (χ1) is 10.8. The molecule has 2 N–H and O–H groups in total. The maximum atomic E-state index is 12.0. The average molecular weight is 306 g/mol. The van der Waals surface area contributed by atoms with Crippen molar-refractivity contribution in [1.82, 2.24) is 10.6 Å².